The lowest BCUT2D eigenvalue weighted by molar-refractivity contribution is 1.07. The zero-order chi connectivity index (χ0) is 50.4. The van der Waals surface area contributed by atoms with E-state index in [0.29, 0.717) is 34.9 Å². The van der Waals surface area contributed by atoms with E-state index in [1.807, 2.05) is 97.1 Å². The molecule has 0 amide bonds. The molecule has 358 valence electrons. The molecular formula is C67H44N8S. The van der Waals surface area contributed by atoms with Gasteiger partial charge in [0, 0.05) is 72.3 Å². The average molecular weight is 993 g/mol. The van der Waals surface area contributed by atoms with Gasteiger partial charge in [0.25, 0.3) is 0 Å². The Kier molecular flexibility index (Phi) is 11.3. The van der Waals surface area contributed by atoms with Crippen LogP contribution in [0, 0.1) is 0 Å². The first-order valence-corrected chi connectivity index (χ1v) is 26.1. The lowest BCUT2D eigenvalue weighted by Crippen LogP contribution is -2.18. The normalized spacial score (nSPS) is 12.3. The molecule has 14 rings (SSSR count). The molecule has 4 heterocycles. The highest BCUT2D eigenvalue weighted by atomic mass is 32.2. The van der Waals surface area contributed by atoms with Crippen molar-refractivity contribution in [3.8, 4) is 79.5 Å². The summed E-state index contributed by atoms with van der Waals surface area (Å²) in [5, 5.41) is 0. The SMILES string of the molecule is c1ccc(-c2nc(-c3ccccc3)nc(-c3cc(N4c5ccccc5Cc5ccccc54)ccc3-c3ccc(N4c5ccccc5Sc5ccccc54)cc3-c3nc(-c4ccccc4)nc(-c4ccccc4)n3)n2)cc1. The summed E-state index contributed by atoms with van der Waals surface area (Å²) in [5.41, 5.74) is 15.8. The van der Waals surface area contributed by atoms with Crippen LogP contribution in [0.15, 0.2) is 265 Å². The van der Waals surface area contributed by atoms with Crippen LogP contribution >= 0.6 is 11.8 Å². The molecule has 0 saturated heterocycles. The smallest absolute Gasteiger partial charge is 0.164 e. The molecular weight excluding hydrogens is 949 g/mol. The van der Waals surface area contributed by atoms with Crippen LogP contribution in [0.4, 0.5) is 34.1 Å². The number of aromatic nitrogens is 6. The summed E-state index contributed by atoms with van der Waals surface area (Å²) in [7, 11) is 0. The number of hydrogen-bond donors (Lipinski definition) is 0. The van der Waals surface area contributed by atoms with Crippen molar-refractivity contribution in [1.29, 1.82) is 0 Å². The van der Waals surface area contributed by atoms with E-state index < -0.39 is 0 Å². The van der Waals surface area contributed by atoms with E-state index in [0.717, 1.165) is 85.1 Å². The van der Waals surface area contributed by atoms with E-state index in [4.69, 9.17) is 29.9 Å². The Bertz CT molecular complexity index is 3660. The minimum atomic E-state index is 0.525. The second-order valence-corrected chi connectivity index (χ2v) is 19.8. The van der Waals surface area contributed by atoms with E-state index in [-0.39, 0.29) is 0 Å². The van der Waals surface area contributed by atoms with Crippen LogP contribution in [0.5, 0.6) is 0 Å². The van der Waals surface area contributed by atoms with Gasteiger partial charge in [0.1, 0.15) is 0 Å². The van der Waals surface area contributed by atoms with Gasteiger partial charge in [-0.25, -0.2) is 29.9 Å². The van der Waals surface area contributed by atoms with Crippen molar-refractivity contribution in [3.63, 3.8) is 0 Å². The molecule has 0 spiro atoms. The van der Waals surface area contributed by atoms with Crippen LogP contribution in [0.1, 0.15) is 11.1 Å². The maximum absolute atomic E-state index is 5.42. The van der Waals surface area contributed by atoms with Gasteiger partial charge in [-0.3, -0.25) is 0 Å². The van der Waals surface area contributed by atoms with Crippen LogP contribution < -0.4 is 9.80 Å². The van der Waals surface area contributed by atoms with Crippen LogP contribution in [0.3, 0.4) is 0 Å². The molecule has 0 unspecified atom stereocenters. The fourth-order valence-corrected chi connectivity index (χ4v) is 11.5. The Morgan fingerprint density at radius 3 is 0.947 bits per heavy atom. The van der Waals surface area contributed by atoms with Gasteiger partial charge in [0.2, 0.25) is 0 Å². The van der Waals surface area contributed by atoms with Crippen LogP contribution in [-0.4, -0.2) is 29.9 Å². The number of anilines is 6. The molecule has 0 fully saturated rings. The van der Waals surface area contributed by atoms with Gasteiger partial charge in [-0.05, 0) is 82.9 Å². The quantitative estimate of drug-likeness (QED) is 0.140. The molecule has 12 aromatic rings. The maximum Gasteiger partial charge on any atom is 0.164 e. The predicted octanol–water partition coefficient (Wildman–Crippen LogP) is 17.0. The molecule has 9 heteroatoms. The first-order valence-electron chi connectivity index (χ1n) is 25.3. The van der Waals surface area contributed by atoms with Crippen molar-refractivity contribution < 1.29 is 0 Å². The minimum absolute atomic E-state index is 0.525. The fraction of sp³-hybridized carbons (Fsp3) is 0.0149. The monoisotopic (exact) mass is 992 g/mol. The van der Waals surface area contributed by atoms with Gasteiger partial charge in [0.05, 0.1) is 11.4 Å². The molecule has 8 nitrogen and oxygen atoms in total. The van der Waals surface area contributed by atoms with Gasteiger partial charge < -0.3 is 9.80 Å². The van der Waals surface area contributed by atoms with Crippen molar-refractivity contribution >= 4 is 45.9 Å². The first kappa shape index (κ1) is 44.8. The Balaban J connectivity index is 1.07. The molecule has 2 aliphatic rings. The van der Waals surface area contributed by atoms with Gasteiger partial charge in [-0.15, -0.1) is 0 Å². The second kappa shape index (κ2) is 19.2. The number of nitrogens with zero attached hydrogens (tertiary/aromatic N) is 8. The maximum atomic E-state index is 5.42. The predicted molar refractivity (Wildman–Crippen MR) is 308 cm³/mol. The van der Waals surface area contributed by atoms with Gasteiger partial charge in [-0.2, -0.15) is 0 Å². The van der Waals surface area contributed by atoms with Gasteiger partial charge in [-0.1, -0.05) is 206 Å². The lowest BCUT2D eigenvalue weighted by atomic mass is 9.91. The van der Waals surface area contributed by atoms with Crippen molar-refractivity contribution in [2.75, 3.05) is 9.80 Å². The molecule has 0 bridgehead atoms. The molecule has 2 aliphatic heterocycles. The zero-order valence-electron chi connectivity index (χ0n) is 40.9. The Hall–Kier alpha value is -9.83. The van der Waals surface area contributed by atoms with Gasteiger partial charge >= 0.3 is 0 Å². The minimum Gasteiger partial charge on any atom is -0.310 e. The van der Waals surface area contributed by atoms with Crippen molar-refractivity contribution in [2.45, 2.75) is 16.2 Å². The molecule has 0 radical (unpaired) electrons. The van der Waals surface area contributed by atoms with E-state index in [9.17, 15) is 0 Å². The summed E-state index contributed by atoms with van der Waals surface area (Å²) in [6, 6.07) is 88.5. The summed E-state index contributed by atoms with van der Waals surface area (Å²) < 4.78 is 0. The average Bonchev–Trinajstić information content (AvgIpc) is 3.51. The van der Waals surface area contributed by atoms with Crippen LogP contribution in [-0.2, 0) is 6.42 Å². The third-order valence-corrected chi connectivity index (χ3v) is 15.1. The second-order valence-electron chi connectivity index (χ2n) is 18.7. The number of para-hydroxylation sites is 4. The fourth-order valence-electron chi connectivity index (χ4n) is 10.4. The Morgan fingerprint density at radius 1 is 0.263 bits per heavy atom. The van der Waals surface area contributed by atoms with E-state index in [2.05, 4.69) is 168 Å². The molecule has 0 saturated carbocycles. The molecule has 10 aromatic carbocycles. The van der Waals surface area contributed by atoms with E-state index in [1.165, 1.54) is 20.9 Å². The summed E-state index contributed by atoms with van der Waals surface area (Å²) in [4.78, 5) is 39.0. The largest absolute Gasteiger partial charge is 0.310 e. The van der Waals surface area contributed by atoms with Crippen molar-refractivity contribution in [3.05, 3.63) is 266 Å². The van der Waals surface area contributed by atoms with E-state index >= 15 is 0 Å². The zero-order valence-corrected chi connectivity index (χ0v) is 41.8. The molecule has 0 atom stereocenters. The van der Waals surface area contributed by atoms with Crippen molar-refractivity contribution in [2.24, 2.45) is 0 Å². The van der Waals surface area contributed by atoms with E-state index in [1.54, 1.807) is 11.8 Å². The third kappa shape index (κ3) is 8.25. The Labute approximate surface area is 444 Å². The highest BCUT2D eigenvalue weighted by Crippen LogP contribution is 2.53. The summed E-state index contributed by atoms with van der Waals surface area (Å²) >= 11 is 1.79. The highest BCUT2D eigenvalue weighted by molar-refractivity contribution is 7.99. The molecule has 76 heavy (non-hydrogen) atoms. The molecule has 0 N–H and O–H groups in total. The number of rotatable bonds is 9. The summed E-state index contributed by atoms with van der Waals surface area (Å²) in [5.74, 6) is 3.34. The van der Waals surface area contributed by atoms with Crippen LogP contribution in [0.2, 0.25) is 0 Å². The first-order chi connectivity index (χ1) is 37.7. The summed E-state index contributed by atoms with van der Waals surface area (Å²) in [6.45, 7) is 0. The lowest BCUT2D eigenvalue weighted by Gasteiger charge is -2.34. The third-order valence-electron chi connectivity index (χ3n) is 14.0. The number of hydrogen-bond acceptors (Lipinski definition) is 9. The standard InChI is InChI=1S/C67H44N8S/c1-5-21-44(22-6-1)62-68-63(45-23-7-2-8-24-45)71-66(70-62)54-42-50(74-56-31-15-13-29-48(56)41-49-30-14-16-32-57(49)74)37-39-52(54)53-40-38-51(75-58-33-17-19-35-60(58)76-61-36-20-18-34-59(61)75)43-55(53)67-72-64(46-25-9-3-10-26-46)69-65(73-67)47-27-11-4-12-28-47/h1-40,42-43H,41H2. The molecule has 2 aromatic heterocycles. The van der Waals surface area contributed by atoms with Gasteiger partial charge in [0.15, 0.2) is 34.9 Å². The highest BCUT2D eigenvalue weighted by Gasteiger charge is 2.29. The Morgan fingerprint density at radius 2 is 0.566 bits per heavy atom. The van der Waals surface area contributed by atoms with Crippen molar-refractivity contribution in [1.82, 2.24) is 29.9 Å². The number of fused-ring (bicyclic) bond motifs is 4. The number of benzene rings is 10. The topological polar surface area (TPSA) is 83.8 Å². The summed E-state index contributed by atoms with van der Waals surface area (Å²) in [6.07, 6.45) is 0.838. The molecule has 0 aliphatic carbocycles. The van der Waals surface area contributed by atoms with Crippen LogP contribution in [0.25, 0.3) is 79.5 Å².